The molecule has 2 saturated heterocycles. The lowest BCUT2D eigenvalue weighted by Crippen LogP contribution is -2.43. The second-order valence-corrected chi connectivity index (χ2v) is 15.0. The summed E-state index contributed by atoms with van der Waals surface area (Å²) < 4.78 is 48.1. The van der Waals surface area contributed by atoms with Gasteiger partial charge in [-0.25, -0.2) is 24.9 Å². The monoisotopic (exact) mass is 677 g/mol. The Labute approximate surface area is 259 Å². The molecule has 0 bridgehead atoms. The van der Waals surface area contributed by atoms with Crippen molar-refractivity contribution in [1.29, 1.82) is 0 Å². The molecular formula is C24H27N10O8P2S+. The van der Waals surface area contributed by atoms with Gasteiger partial charge in [-0.2, -0.15) is 0 Å². The Morgan fingerprint density at radius 2 is 1.91 bits per heavy atom. The number of aromatic nitrogens is 9. The molecule has 5 aromatic rings. The van der Waals surface area contributed by atoms with Crippen LogP contribution >= 0.6 is 15.0 Å². The average Bonchev–Trinajstić information content (AvgIpc) is 3.78. The highest BCUT2D eigenvalue weighted by Crippen LogP contribution is 2.53. The maximum Gasteiger partial charge on any atom is 0.697 e. The van der Waals surface area contributed by atoms with Gasteiger partial charge < -0.3 is 29.0 Å². The van der Waals surface area contributed by atoms with Crippen molar-refractivity contribution in [3.8, 4) is 0 Å². The quantitative estimate of drug-likeness (QED) is 0.227. The van der Waals surface area contributed by atoms with Crippen molar-refractivity contribution >= 4 is 60.7 Å². The molecule has 8 rings (SSSR count). The number of rotatable bonds is 2. The Morgan fingerprint density at radius 3 is 2.78 bits per heavy atom. The van der Waals surface area contributed by atoms with Crippen molar-refractivity contribution in [2.75, 3.05) is 25.6 Å². The van der Waals surface area contributed by atoms with Crippen LogP contribution in [0.3, 0.4) is 0 Å². The normalized spacial score (nSPS) is 33.7. The SMILES string of the molecule is C[C@@H]1[C@@H]2O[P+](=O)OC[C@H]3C[C@@H](n4cnc5c(=O)[nH]c6nccn6c54)[C@@H]3COP(O)(=S)OC[C@H]2O[C@H]1n1cnc2c(N)ncnc21. The van der Waals surface area contributed by atoms with Crippen LogP contribution in [0.15, 0.2) is 36.2 Å². The van der Waals surface area contributed by atoms with Gasteiger partial charge in [0.2, 0.25) is 5.78 Å². The number of anilines is 1. The fraction of sp³-hybridized carbons (Fsp3) is 0.500. The third kappa shape index (κ3) is 4.90. The molecule has 236 valence electrons. The third-order valence-electron chi connectivity index (χ3n) is 8.82. The molecule has 7 heterocycles. The van der Waals surface area contributed by atoms with Crippen molar-refractivity contribution in [1.82, 2.24) is 43.4 Å². The number of ether oxygens (including phenoxy) is 1. The van der Waals surface area contributed by atoms with Gasteiger partial charge in [0.15, 0.2) is 28.7 Å². The Balaban J connectivity index is 1.05. The van der Waals surface area contributed by atoms with Gasteiger partial charge in [-0.05, 0) is 24.1 Å². The Bertz CT molecular complexity index is 2070. The van der Waals surface area contributed by atoms with Crippen LogP contribution < -0.4 is 11.3 Å². The molecule has 4 N–H and O–H groups in total. The number of nitrogens with two attached hydrogens (primary N) is 1. The summed E-state index contributed by atoms with van der Waals surface area (Å²) in [5.74, 6) is -0.144. The van der Waals surface area contributed by atoms with Crippen LogP contribution in [0.2, 0.25) is 0 Å². The molecule has 3 aliphatic rings. The lowest BCUT2D eigenvalue weighted by Gasteiger charge is -2.44. The van der Waals surface area contributed by atoms with Gasteiger partial charge in [-0.1, -0.05) is 6.92 Å². The summed E-state index contributed by atoms with van der Waals surface area (Å²) in [6.07, 6.45) is 6.18. The Hall–Kier alpha value is -3.25. The van der Waals surface area contributed by atoms with Crippen molar-refractivity contribution in [2.45, 2.75) is 37.8 Å². The van der Waals surface area contributed by atoms with E-state index < -0.39 is 33.4 Å². The minimum atomic E-state index is -3.75. The molecule has 0 aromatic carbocycles. The number of H-pyrrole nitrogens is 1. The first-order chi connectivity index (χ1) is 21.7. The van der Waals surface area contributed by atoms with Crippen LogP contribution in [0, 0.1) is 17.8 Å². The number of imidazole rings is 3. The minimum absolute atomic E-state index is 0.0240. The molecule has 0 amide bonds. The van der Waals surface area contributed by atoms with Gasteiger partial charge in [0.25, 0.3) is 5.56 Å². The molecule has 5 aromatic heterocycles. The van der Waals surface area contributed by atoms with Gasteiger partial charge in [0, 0.05) is 34.8 Å². The molecule has 1 saturated carbocycles. The highest BCUT2D eigenvalue weighted by molar-refractivity contribution is 8.07. The van der Waals surface area contributed by atoms with Gasteiger partial charge in [-0.3, -0.25) is 18.7 Å². The molecule has 18 nitrogen and oxygen atoms in total. The number of fused-ring (bicyclic) bond motifs is 6. The molecule has 0 radical (unpaired) electrons. The third-order valence-corrected chi connectivity index (χ3v) is 11.2. The van der Waals surface area contributed by atoms with E-state index in [0.29, 0.717) is 29.0 Å². The minimum Gasteiger partial charge on any atom is -0.382 e. The number of nitrogens with zero attached hydrogens (tertiary/aromatic N) is 8. The van der Waals surface area contributed by atoms with Crippen molar-refractivity contribution < 1.29 is 32.3 Å². The Morgan fingerprint density at radius 1 is 1.11 bits per heavy atom. The molecule has 2 unspecified atom stereocenters. The van der Waals surface area contributed by atoms with Gasteiger partial charge in [-0.15, -0.1) is 9.05 Å². The summed E-state index contributed by atoms with van der Waals surface area (Å²) in [7, 11) is -2.57. The van der Waals surface area contributed by atoms with E-state index in [1.165, 1.54) is 12.7 Å². The highest BCUT2D eigenvalue weighted by Gasteiger charge is 2.51. The summed E-state index contributed by atoms with van der Waals surface area (Å²) in [6.45, 7) is -1.96. The summed E-state index contributed by atoms with van der Waals surface area (Å²) >= 11 is 5.37. The van der Waals surface area contributed by atoms with Crippen LogP contribution in [-0.2, 0) is 39.2 Å². The van der Waals surface area contributed by atoms with Crippen LogP contribution in [0.1, 0.15) is 25.6 Å². The first-order valence-corrected chi connectivity index (χ1v) is 17.8. The van der Waals surface area contributed by atoms with Gasteiger partial charge in [0.05, 0.1) is 25.9 Å². The van der Waals surface area contributed by atoms with E-state index in [-0.39, 0.29) is 60.5 Å². The van der Waals surface area contributed by atoms with E-state index in [2.05, 4.69) is 29.9 Å². The molecule has 45 heavy (non-hydrogen) atoms. The van der Waals surface area contributed by atoms with E-state index >= 15 is 0 Å². The van der Waals surface area contributed by atoms with E-state index in [0.717, 1.165) is 0 Å². The van der Waals surface area contributed by atoms with Crippen LogP contribution in [0.4, 0.5) is 5.82 Å². The summed E-state index contributed by atoms with van der Waals surface area (Å²) in [5, 5.41) is 0. The second-order valence-electron chi connectivity index (χ2n) is 11.3. The molecule has 2 aliphatic heterocycles. The summed E-state index contributed by atoms with van der Waals surface area (Å²) in [5.41, 5.74) is 7.31. The zero-order valence-corrected chi connectivity index (χ0v) is 26.1. The maximum absolute atomic E-state index is 13.2. The van der Waals surface area contributed by atoms with E-state index in [9.17, 15) is 14.3 Å². The molecule has 3 fully saturated rings. The number of hydrogen-bond acceptors (Lipinski definition) is 14. The lowest BCUT2D eigenvalue weighted by atomic mass is 9.70. The van der Waals surface area contributed by atoms with E-state index in [4.69, 9.17) is 40.4 Å². The fourth-order valence-electron chi connectivity index (χ4n) is 6.49. The zero-order valence-electron chi connectivity index (χ0n) is 23.5. The average molecular weight is 678 g/mol. The number of hydrogen-bond donors (Lipinski definition) is 3. The molecule has 1 aliphatic carbocycles. The highest BCUT2D eigenvalue weighted by atomic mass is 32.5. The van der Waals surface area contributed by atoms with Crippen LogP contribution in [0.5, 0.6) is 0 Å². The molecule has 9 atom stereocenters. The number of nitrogens with one attached hydrogen (secondary N) is 1. The molecule has 21 heteroatoms. The van der Waals surface area contributed by atoms with Crippen molar-refractivity contribution in [3.63, 3.8) is 0 Å². The predicted octanol–water partition coefficient (Wildman–Crippen LogP) is 1.83. The smallest absolute Gasteiger partial charge is 0.382 e. The molecule has 0 spiro atoms. The first kappa shape index (κ1) is 29.2. The summed E-state index contributed by atoms with van der Waals surface area (Å²) in [6, 6.07) is -0.193. The number of aromatic amines is 1. The zero-order chi connectivity index (χ0) is 31.0. The van der Waals surface area contributed by atoms with Crippen molar-refractivity contribution in [2.24, 2.45) is 17.8 Å². The first-order valence-electron chi connectivity index (χ1n) is 14.1. The van der Waals surface area contributed by atoms with Crippen LogP contribution in [0.25, 0.3) is 28.1 Å². The Kier molecular flexibility index (Phi) is 7.09. The van der Waals surface area contributed by atoms with Crippen LogP contribution in [-0.4, -0.2) is 80.4 Å². The number of nitrogen functional groups attached to an aromatic ring is 1. The second kappa shape index (κ2) is 10.9. The standard InChI is InChI=1S/C24H26N10O8P2S/c1-11-18-15(41-23(11)34-10-29-16-19(25)27-8-28-20(16)34)7-40-44(37,45)39-6-13-12(5-38-43(36)42-18)4-14(13)33-9-30-17-21(35)31-24-26-2-3-32(24)22(17)33/h2-3,8-15,18,23H,4-7H2,1H3,(H3-,25,26,27,28,31,35,37,45)/p+1/t11-,12-,13-,14-,15-,18+,23-,44?/m1/s1. The lowest BCUT2D eigenvalue weighted by molar-refractivity contribution is -0.0402. The predicted molar refractivity (Wildman–Crippen MR) is 159 cm³/mol. The fourth-order valence-corrected chi connectivity index (χ4v) is 8.52. The topological polar surface area (TPSA) is 221 Å². The maximum atomic E-state index is 13.2. The van der Waals surface area contributed by atoms with E-state index in [1.54, 1.807) is 27.7 Å². The molecular weight excluding hydrogens is 650 g/mol. The van der Waals surface area contributed by atoms with E-state index in [1.807, 2.05) is 11.5 Å². The van der Waals surface area contributed by atoms with Crippen molar-refractivity contribution in [3.05, 3.63) is 41.7 Å². The largest absolute Gasteiger partial charge is 0.697 e. The van der Waals surface area contributed by atoms with Gasteiger partial charge >= 0.3 is 15.0 Å². The van der Waals surface area contributed by atoms with Gasteiger partial charge in [0.1, 0.15) is 30.8 Å². The summed E-state index contributed by atoms with van der Waals surface area (Å²) in [4.78, 5) is 47.5.